The van der Waals surface area contributed by atoms with Gasteiger partial charge in [0.25, 0.3) is 0 Å². The highest BCUT2D eigenvalue weighted by Gasteiger charge is 2.52. The largest absolute Gasteiger partial charge is 0.514 e. The molecule has 4 nitrogen and oxygen atoms in total. The first-order valence-electron chi connectivity index (χ1n) is 8.53. The van der Waals surface area contributed by atoms with Gasteiger partial charge in [0.1, 0.15) is 5.75 Å². The van der Waals surface area contributed by atoms with Crippen molar-refractivity contribution < 1.29 is 14.0 Å². The van der Waals surface area contributed by atoms with Crippen molar-refractivity contribution >= 4 is 12.7 Å². The van der Waals surface area contributed by atoms with Crippen LogP contribution in [-0.4, -0.2) is 29.4 Å². The Hall–Kier alpha value is -1.07. The van der Waals surface area contributed by atoms with Crippen LogP contribution >= 0.6 is 0 Å². The van der Waals surface area contributed by atoms with Gasteiger partial charge in [-0.05, 0) is 52.7 Å². The van der Waals surface area contributed by atoms with E-state index >= 15 is 0 Å². The maximum absolute atomic E-state index is 6.13. The molecule has 23 heavy (non-hydrogen) atoms. The van der Waals surface area contributed by atoms with E-state index in [0.717, 1.165) is 29.9 Å². The lowest BCUT2D eigenvalue weighted by molar-refractivity contribution is 0.00578. The fourth-order valence-corrected chi connectivity index (χ4v) is 2.55. The third-order valence-corrected chi connectivity index (χ3v) is 4.90. The van der Waals surface area contributed by atoms with Crippen LogP contribution in [0.25, 0.3) is 0 Å². The van der Waals surface area contributed by atoms with Crippen molar-refractivity contribution in [1.29, 1.82) is 0 Å². The molecule has 1 saturated heterocycles. The molecule has 0 unspecified atom stereocenters. The SMILES string of the molecule is CC(C)(C)c1nc(B2OC(C)(C)C(C)(C)O2)ccc1OC1CC1. The minimum Gasteiger partial charge on any atom is -0.488 e. The van der Waals surface area contributed by atoms with Crippen molar-refractivity contribution in [1.82, 2.24) is 4.98 Å². The summed E-state index contributed by atoms with van der Waals surface area (Å²) in [7, 11) is -0.434. The van der Waals surface area contributed by atoms with E-state index in [4.69, 9.17) is 19.0 Å². The molecule has 0 amide bonds. The Labute approximate surface area is 140 Å². The van der Waals surface area contributed by atoms with Crippen LogP contribution in [-0.2, 0) is 14.7 Å². The molecule has 1 aliphatic carbocycles. The van der Waals surface area contributed by atoms with E-state index in [-0.39, 0.29) is 16.6 Å². The molecule has 1 aromatic heterocycles. The maximum atomic E-state index is 6.13. The third-order valence-electron chi connectivity index (χ3n) is 4.90. The van der Waals surface area contributed by atoms with E-state index in [0.29, 0.717) is 6.10 Å². The lowest BCUT2D eigenvalue weighted by atomic mass is 9.82. The second-order valence-electron chi connectivity index (χ2n) is 8.74. The number of hydrogen-bond acceptors (Lipinski definition) is 4. The summed E-state index contributed by atoms with van der Waals surface area (Å²) in [5, 5.41) is 0. The molecule has 5 heteroatoms. The second kappa shape index (κ2) is 5.22. The summed E-state index contributed by atoms with van der Waals surface area (Å²) in [6.07, 6.45) is 2.64. The van der Waals surface area contributed by atoms with Crippen molar-refractivity contribution in [2.75, 3.05) is 0 Å². The first-order valence-corrected chi connectivity index (χ1v) is 8.53. The van der Waals surface area contributed by atoms with Crippen LogP contribution in [0.5, 0.6) is 5.75 Å². The molecule has 1 aromatic rings. The van der Waals surface area contributed by atoms with E-state index in [1.54, 1.807) is 0 Å². The van der Waals surface area contributed by atoms with Crippen LogP contribution in [0.15, 0.2) is 12.1 Å². The van der Waals surface area contributed by atoms with Gasteiger partial charge in [-0.3, -0.25) is 4.98 Å². The lowest BCUT2D eigenvalue weighted by Crippen LogP contribution is -2.41. The fraction of sp³-hybridized carbons (Fsp3) is 0.722. The number of aromatic nitrogens is 1. The number of hydrogen-bond donors (Lipinski definition) is 0. The van der Waals surface area contributed by atoms with Crippen molar-refractivity contribution in [3.8, 4) is 5.75 Å². The molecular formula is C18H28BNO3. The van der Waals surface area contributed by atoms with Crippen molar-refractivity contribution in [3.63, 3.8) is 0 Å². The highest BCUT2D eigenvalue weighted by Crippen LogP contribution is 2.37. The quantitative estimate of drug-likeness (QED) is 0.803. The predicted octanol–water partition coefficient (Wildman–Crippen LogP) is 3.22. The van der Waals surface area contributed by atoms with E-state index in [1.165, 1.54) is 0 Å². The molecule has 0 atom stereocenters. The molecule has 3 rings (SSSR count). The highest BCUT2D eigenvalue weighted by molar-refractivity contribution is 6.61. The zero-order valence-electron chi connectivity index (χ0n) is 15.4. The van der Waals surface area contributed by atoms with E-state index in [1.807, 2.05) is 12.1 Å². The van der Waals surface area contributed by atoms with Gasteiger partial charge in [-0.1, -0.05) is 20.8 Å². The molecule has 2 aliphatic rings. The Bertz CT molecular complexity index is 587. The fourth-order valence-electron chi connectivity index (χ4n) is 2.55. The normalized spacial score (nSPS) is 23.2. The topological polar surface area (TPSA) is 40.6 Å². The average Bonchev–Trinajstić information content (AvgIpc) is 3.16. The van der Waals surface area contributed by atoms with Gasteiger partial charge in [0.15, 0.2) is 0 Å². The van der Waals surface area contributed by atoms with Crippen molar-refractivity contribution in [2.45, 2.75) is 84.0 Å². The third kappa shape index (κ3) is 3.27. The molecule has 0 N–H and O–H groups in total. The Balaban J connectivity index is 1.92. The van der Waals surface area contributed by atoms with E-state index < -0.39 is 7.12 Å². The van der Waals surface area contributed by atoms with Gasteiger partial charge in [-0.25, -0.2) is 0 Å². The number of nitrogens with zero attached hydrogens (tertiary/aromatic N) is 1. The average molecular weight is 317 g/mol. The molecule has 126 valence electrons. The van der Waals surface area contributed by atoms with Gasteiger partial charge in [-0.15, -0.1) is 0 Å². The lowest BCUT2D eigenvalue weighted by Gasteiger charge is -2.32. The Kier molecular flexibility index (Phi) is 3.81. The Morgan fingerprint density at radius 2 is 1.65 bits per heavy atom. The van der Waals surface area contributed by atoms with Gasteiger partial charge in [0, 0.05) is 5.41 Å². The van der Waals surface area contributed by atoms with Crippen LogP contribution < -0.4 is 10.3 Å². The van der Waals surface area contributed by atoms with Gasteiger partial charge in [0.05, 0.1) is 28.6 Å². The number of rotatable bonds is 3. The first-order chi connectivity index (χ1) is 10.5. The number of ether oxygens (including phenoxy) is 1. The highest BCUT2D eigenvalue weighted by atomic mass is 16.7. The molecule has 0 spiro atoms. The van der Waals surface area contributed by atoms with Crippen LogP contribution in [0.4, 0.5) is 0 Å². The predicted molar refractivity (Wildman–Crippen MR) is 92.3 cm³/mol. The summed E-state index contributed by atoms with van der Waals surface area (Å²) in [4.78, 5) is 4.86. The molecule has 0 bridgehead atoms. The standard InChI is InChI=1S/C18H28BNO3/c1-16(2,3)15-13(21-12-8-9-12)10-11-14(20-15)19-22-17(4,5)18(6,7)23-19/h10-12H,8-9H2,1-7H3. The molecule has 2 fully saturated rings. The number of pyridine rings is 1. The summed E-state index contributed by atoms with van der Waals surface area (Å²) >= 11 is 0. The van der Waals surface area contributed by atoms with Crippen LogP contribution in [0.2, 0.25) is 0 Å². The smallest absolute Gasteiger partial charge is 0.488 e. The molecule has 2 heterocycles. The molecular weight excluding hydrogens is 289 g/mol. The minimum absolute atomic E-state index is 0.0934. The van der Waals surface area contributed by atoms with Crippen LogP contribution in [0, 0.1) is 0 Å². The summed E-state index contributed by atoms with van der Waals surface area (Å²) in [6.45, 7) is 14.7. The molecule has 0 radical (unpaired) electrons. The molecule has 1 aliphatic heterocycles. The summed E-state index contributed by atoms with van der Waals surface area (Å²) in [5.74, 6) is 0.889. The zero-order chi connectivity index (χ0) is 17.0. The molecule has 1 saturated carbocycles. The summed E-state index contributed by atoms with van der Waals surface area (Å²) in [5.41, 5.74) is 0.979. The Morgan fingerprint density at radius 1 is 1.09 bits per heavy atom. The van der Waals surface area contributed by atoms with Crippen LogP contribution in [0.3, 0.4) is 0 Å². The monoisotopic (exact) mass is 317 g/mol. The van der Waals surface area contributed by atoms with Gasteiger partial charge >= 0.3 is 7.12 Å². The second-order valence-corrected chi connectivity index (χ2v) is 8.74. The molecule has 0 aromatic carbocycles. The zero-order valence-corrected chi connectivity index (χ0v) is 15.4. The van der Waals surface area contributed by atoms with Crippen molar-refractivity contribution in [2.24, 2.45) is 0 Å². The van der Waals surface area contributed by atoms with E-state index in [2.05, 4.69) is 48.5 Å². The summed E-state index contributed by atoms with van der Waals surface area (Å²) < 4.78 is 18.3. The maximum Gasteiger partial charge on any atom is 0.514 e. The first kappa shape index (κ1) is 16.8. The van der Waals surface area contributed by atoms with Gasteiger partial charge in [0.2, 0.25) is 0 Å². The van der Waals surface area contributed by atoms with Gasteiger partial charge in [-0.2, -0.15) is 0 Å². The Morgan fingerprint density at radius 3 is 2.13 bits per heavy atom. The summed E-state index contributed by atoms with van der Waals surface area (Å²) in [6, 6.07) is 3.99. The minimum atomic E-state index is -0.434. The van der Waals surface area contributed by atoms with Gasteiger partial charge < -0.3 is 14.0 Å². The van der Waals surface area contributed by atoms with Crippen molar-refractivity contribution in [3.05, 3.63) is 17.8 Å². The van der Waals surface area contributed by atoms with E-state index in [9.17, 15) is 0 Å². The van der Waals surface area contributed by atoms with Crippen LogP contribution in [0.1, 0.15) is 67.0 Å².